The number of carbonyl (C=O) groups excluding carboxylic acids is 1. The van der Waals surface area contributed by atoms with Gasteiger partial charge >= 0.3 is 6.09 Å². The van der Waals surface area contributed by atoms with Crippen molar-refractivity contribution in [2.45, 2.75) is 64.4 Å². The van der Waals surface area contributed by atoms with E-state index >= 15 is 0 Å². The molecule has 5 heteroatoms. The Morgan fingerprint density at radius 1 is 1.33 bits per heavy atom. The summed E-state index contributed by atoms with van der Waals surface area (Å²) in [7, 11) is -0.325. The maximum Gasteiger partial charge on any atom is 0.409 e. The molecule has 0 aromatic rings. The molecule has 2 atom stereocenters. The van der Waals surface area contributed by atoms with Crippen LogP contribution in [0, 0.1) is 0 Å². The van der Waals surface area contributed by atoms with Gasteiger partial charge in [0.1, 0.15) is 0 Å². The molecule has 1 fully saturated rings. The second-order valence-electron chi connectivity index (χ2n) is 6.71. The number of ether oxygens (including phenoxy) is 1. The maximum absolute atomic E-state index is 11.6. The molecule has 0 bridgehead atoms. The molecule has 0 radical (unpaired) electrons. The Morgan fingerprint density at radius 2 is 1.89 bits per heavy atom. The minimum Gasteiger partial charge on any atom is -0.453 e. The summed E-state index contributed by atoms with van der Waals surface area (Å²) in [6, 6.07) is 0.201. The lowest BCUT2D eigenvalue weighted by Crippen LogP contribution is -2.44. The van der Waals surface area contributed by atoms with Crippen LogP contribution in [0.3, 0.4) is 0 Å². The second-order valence-corrected chi connectivity index (χ2v) is 11.5. The van der Waals surface area contributed by atoms with Gasteiger partial charge in [-0.1, -0.05) is 20.8 Å². The second kappa shape index (κ2) is 5.21. The summed E-state index contributed by atoms with van der Waals surface area (Å²) in [6.07, 6.45) is 0.811. The zero-order chi connectivity index (χ0) is 14.1. The van der Waals surface area contributed by atoms with Gasteiger partial charge in [0, 0.05) is 12.6 Å². The van der Waals surface area contributed by atoms with Gasteiger partial charge in [0.2, 0.25) is 0 Å². The minimum absolute atomic E-state index is 0.153. The van der Waals surface area contributed by atoms with Gasteiger partial charge in [-0.2, -0.15) is 0 Å². The molecule has 0 saturated carbocycles. The fraction of sp³-hybridized carbons (Fsp3) is 0.923. The van der Waals surface area contributed by atoms with E-state index < -0.39 is 8.32 Å². The maximum atomic E-state index is 11.6. The molecule has 1 amide bonds. The van der Waals surface area contributed by atoms with E-state index in [2.05, 4.69) is 33.9 Å². The lowest BCUT2D eigenvalue weighted by molar-refractivity contribution is 0.115. The fourth-order valence-electron chi connectivity index (χ4n) is 2.03. The molecular weight excluding hydrogens is 246 g/mol. The first-order valence-corrected chi connectivity index (χ1v) is 9.51. The van der Waals surface area contributed by atoms with E-state index in [1.54, 1.807) is 4.90 Å². The molecule has 0 aromatic heterocycles. The minimum atomic E-state index is -1.75. The van der Waals surface area contributed by atoms with Crippen molar-refractivity contribution < 1.29 is 14.0 Å². The quantitative estimate of drug-likeness (QED) is 0.725. The summed E-state index contributed by atoms with van der Waals surface area (Å²) in [4.78, 5) is 13.4. The zero-order valence-corrected chi connectivity index (χ0v) is 13.7. The highest BCUT2D eigenvalue weighted by molar-refractivity contribution is 6.74. The number of carbonyl (C=O) groups is 1. The number of nitrogens with zero attached hydrogens (tertiary/aromatic N) is 1. The molecule has 0 unspecified atom stereocenters. The van der Waals surface area contributed by atoms with E-state index in [0.29, 0.717) is 6.54 Å². The van der Waals surface area contributed by atoms with E-state index in [1.807, 2.05) is 6.92 Å². The first kappa shape index (κ1) is 15.5. The first-order chi connectivity index (χ1) is 8.08. The zero-order valence-electron chi connectivity index (χ0n) is 12.7. The van der Waals surface area contributed by atoms with Crippen molar-refractivity contribution in [3.8, 4) is 0 Å². The topological polar surface area (TPSA) is 38.8 Å². The largest absolute Gasteiger partial charge is 0.453 e. The van der Waals surface area contributed by atoms with Crippen LogP contribution in [0.1, 0.15) is 34.1 Å². The summed E-state index contributed by atoms with van der Waals surface area (Å²) < 4.78 is 11.1. The van der Waals surface area contributed by atoms with E-state index in [9.17, 15) is 4.79 Å². The number of hydrogen-bond acceptors (Lipinski definition) is 3. The van der Waals surface area contributed by atoms with Crippen molar-refractivity contribution >= 4 is 14.4 Å². The Morgan fingerprint density at radius 3 is 2.33 bits per heavy atom. The van der Waals surface area contributed by atoms with Gasteiger partial charge in [-0.25, -0.2) is 4.79 Å². The van der Waals surface area contributed by atoms with Crippen LogP contribution in [0.25, 0.3) is 0 Å². The van der Waals surface area contributed by atoms with Crippen LogP contribution in [-0.4, -0.2) is 45.1 Å². The van der Waals surface area contributed by atoms with Crippen LogP contribution in [0.15, 0.2) is 0 Å². The molecule has 1 aliphatic rings. The molecule has 4 nitrogen and oxygen atoms in total. The summed E-state index contributed by atoms with van der Waals surface area (Å²) >= 11 is 0. The standard InChI is InChI=1S/C13H27NO3Si/c1-10-8-11(9-14(10)12(15)16-5)17-18(6,7)13(2,3)4/h10-11H,8-9H2,1-7H3/t10-,11-/m1/s1. The summed E-state index contributed by atoms with van der Waals surface area (Å²) in [6.45, 7) is 13.9. The average Bonchev–Trinajstić information content (AvgIpc) is 2.55. The molecule has 1 rings (SSSR count). The van der Waals surface area contributed by atoms with Crippen molar-refractivity contribution in [1.82, 2.24) is 4.90 Å². The number of rotatable bonds is 2. The molecule has 18 heavy (non-hydrogen) atoms. The lowest BCUT2D eigenvalue weighted by Gasteiger charge is -2.38. The van der Waals surface area contributed by atoms with Gasteiger partial charge in [0.15, 0.2) is 8.32 Å². The molecule has 1 heterocycles. The van der Waals surface area contributed by atoms with Crippen LogP contribution in [0.2, 0.25) is 18.1 Å². The Bertz CT molecular complexity index is 312. The summed E-state index contributed by atoms with van der Waals surface area (Å²) in [5, 5.41) is 0.203. The van der Waals surface area contributed by atoms with Crippen LogP contribution >= 0.6 is 0 Å². The molecular formula is C13H27NO3Si. The average molecular weight is 273 g/mol. The van der Waals surface area contributed by atoms with Gasteiger partial charge in [0.25, 0.3) is 0 Å². The highest BCUT2D eigenvalue weighted by Crippen LogP contribution is 2.38. The van der Waals surface area contributed by atoms with Crippen molar-refractivity contribution in [3.05, 3.63) is 0 Å². The molecule has 106 valence electrons. The SMILES string of the molecule is COC(=O)N1C[C@H](O[Si](C)(C)C(C)(C)C)C[C@H]1C. The third-order valence-electron chi connectivity index (χ3n) is 4.21. The summed E-state index contributed by atoms with van der Waals surface area (Å²) in [5.74, 6) is 0. The van der Waals surface area contributed by atoms with Crippen molar-refractivity contribution in [2.24, 2.45) is 0 Å². The number of amides is 1. The normalized spacial score (nSPS) is 25.4. The van der Waals surface area contributed by atoms with Crippen LogP contribution in [0.4, 0.5) is 4.79 Å². The molecule has 0 spiro atoms. The predicted molar refractivity (Wildman–Crippen MR) is 75.3 cm³/mol. The van der Waals surface area contributed by atoms with E-state index in [1.165, 1.54) is 7.11 Å². The van der Waals surface area contributed by atoms with Gasteiger partial charge in [-0.3, -0.25) is 0 Å². The molecule has 1 aliphatic heterocycles. The van der Waals surface area contributed by atoms with Crippen LogP contribution < -0.4 is 0 Å². The van der Waals surface area contributed by atoms with E-state index in [0.717, 1.165) is 6.42 Å². The number of likely N-dealkylation sites (tertiary alicyclic amines) is 1. The highest BCUT2D eigenvalue weighted by Gasteiger charge is 2.42. The third kappa shape index (κ3) is 3.26. The molecule has 0 N–H and O–H groups in total. The summed E-state index contributed by atoms with van der Waals surface area (Å²) in [5.41, 5.74) is 0. The molecule has 0 aromatic carbocycles. The first-order valence-electron chi connectivity index (χ1n) is 6.61. The van der Waals surface area contributed by atoms with Gasteiger partial charge in [-0.15, -0.1) is 0 Å². The van der Waals surface area contributed by atoms with Crippen LogP contribution in [-0.2, 0) is 9.16 Å². The van der Waals surface area contributed by atoms with E-state index in [-0.39, 0.29) is 23.3 Å². The number of methoxy groups -OCH3 is 1. The number of hydrogen-bond donors (Lipinski definition) is 0. The highest BCUT2D eigenvalue weighted by atomic mass is 28.4. The predicted octanol–water partition coefficient (Wildman–Crippen LogP) is 3.24. The lowest BCUT2D eigenvalue weighted by atomic mass is 10.2. The van der Waals surface area contributed by atoms with E-state index in [4.69, 9.17) is 9.16 Å². The monoisotopic (exact) mass is 273 g/mol. The van der Waals surface area contributed by atoms with Gasteiger partial charge < -0.3 is 14.1 Å². The third-order valence-corrected chi connectivity index (χ3v) is 8.75. The Hall–Kier alpha value is -0.553. The van der Waals surface area contributed by atoms with Crippen molar-refractivity contribution in [1.29, 1.82) is 0 Å². The van der Waals surface area contributed by atoms with Crippen molar-refractivity contribution in [2.75, 3.05) is 13.7 Å². The van der Waals surface area contributed by atoms with Gasteiger partial charge in [0.05, 0.1) is 13.2 Å². The Labute approximate surface area is 112 Å². The Kier molecular flexibility index (Phi) is 4.49. The van der Waals surface area contributed by atoms with Gasteiger partial charge in [-0.05, 0) is 31.5 Å². The smallest absolute Gasteiger partial charge is 0.409 e. The molecule has 1 saturated heterocycles. The molecule has 0 aliphatic carbocycles. The van der Waals surface area contributed by atoms with Crippen molar-refractivity contribution in [3.63, 3.8) is 0 Å². The fourth-order valence-corrected chi connectivity index (χ4v) is 3.39. The Balaban J connectivity index is 2.65. The van der Waals surface area contributed by atoms with Crippen LogP contribution in [0.5, 0.6) is 0 Å².